The summed E-state index contributed by atoms with van der Waals surface area (Å²) in [4.78, 5) is 0. The van der Waals surface area contributed by atoms with E-state index in [4.69, 9.17) is 0 Å². The van der Waals surface area contributed by atoms with Crippen molar-refractivity contribution in [3.63, 3.8) is 0 Å². The number of hydrogen-bond donors (Lipinski definition) is 0. The molecule has 8 aromatic rings. The molecule has 0 heterocycles. The van der Waals surface area contributed by atoms with Gasteiger partial charge in [-0.2, -0.15) is 0 Å². The maximum absolute atomic E-state index is 2.31. The molecule has 8 aromatic carbocycles. The zero-order valence-electron chi connectivity index (χ0n) is 22.0. The second-order valence-electron chi connectivity index (χ2n) is 10.4. The third-order valence-electron chi connectivity index (χ3n) is 8.25. The maximum atomic E-state index is 2.31. The highest BCUT2D eigenvalue weighted by Crippen LogP contribution is 2.49. The fourth-order valence-corrected chi connectivity index (χ4v) is 6.53. The lowest BCUT2D eigenvalue weighted by Crippen LogP contribution is -1.94. The molecular formula is C40H26. The predicted molar refractivity (Wildman–Crippen MR) is 173 cm³/mol. The van der Waals surface area contributed by atoms with Gasteiger partial charge >= 0.3 is 0 Å². The second kappa shape index (κ2) is 9.22. The Bertz CT molecular complexity index is 2140. The summed E-state index contributed by atoms with van der Waals surface area (Å²) in [6, 6.07) is 57.5. The van der Waals surface area contributed by atoms with Crippen LogP contribution in [0.15, 0.2) is 158 Å². The smallest absolute Gasteiger partial charge is 0.00139 e. The van der Waals surface area contributed by atoms with Crippen molar-refractivity contribution in [2.75, 3.05) is 0 Å². The van der Waals surface area contributed by atoms with Crippen LogP contribution in [0.25, 0.3) is 76.5 Å². The highest BCUT2D eigenvalue weighted by Gasteiger charge is 2.21. The quantitative estimate of drug-likeness (QED) is 0.209. The van der Waals surface area contributed by atoms with E-state index in [1.54, 1.807) is 0 Å². The van der Waals surface area contributed by atoms with Crippen molar-refractivity contribution in [1.29, 1.82) is 0 Å². The van der Waals surface area contributed by atoms with Gasteiger partial charge in [-0.05, 0) is 76.5 Å². The highest BCUT2D eigenvalue weighted by atomic mass is 14.2. The summed E-state index contributed by atoms with van der Waals surface area (Å²) in [6.45, 7) is 0. The van der Waals surface area contributed by atoms with E-state index in [1.165, 1.54) is 76.5 Å². The van der Waals surface area contributed by atoms with E-state index in [2.05, 4.69) is 158 Å². The minimum atomic E-state index is 1.23. The first-order chi connectivity index (χ1) is 19.9. The molecule has 40 heavy (non-hydrogen) atoms. The normalized spacial score (nSPS) is 11.5. The van der Waals surface area contributed by atoms with Crippen molar-refractivity contribution in [2.24, 2.45) is 0 Å². The number of benzene rings is 8. The molecule has 0 heteroatoms. The molecule has 0 atom stereocenters. The van der Waals surface area contributed by atoms with Crippen LogP contribution in [0.3, 0.4) is 0 Å². The summed E-state index contributed by atoms with van der Waals surface area (Å²) in [5.74, 6) is 0. The van der Waals surface area contributed by atoms with Crippen molar-refractivity contribution >= 4 is 43.1 Å². The van der Waals surface area contributed by atoms with Gasteiger partial charge in [0.2, 0.25) is 0 Å². The Morgan fingerprint density at radius 3 is 1.35 bits per heavy atom. The van der Waals surface area contributed by atoms with Gasteiger partial charge < -0.3 is 0 Å². The molecule has 0 radical (unpaired) electrons. The van der Waals surface area contributed by atoms with E-state index in [0.717, 1.165) is 0 Å². The molecule has 186 valence electrons. The summed E-state index contributed by atoms with van der Waals surface area (Å²) in [6.07, 6.45) is 0. The van der Waals surface area contributed by atoms with Crippen LogP contribution in [0.4, 0.5) is 0 Å². The molecule has 0 amide bonds. The van der Waals surface area contributed by atoms with Crippen LogP contribution in [0.5, 0.6) is 0 Å². The van der Waals surface area contributed by atoms with E-state index < -0.39 is 0 Å². The molecule has 0 aliphatic heterocycles. The van der Waals surface area contributed by atoms with Gasteiger partial charge in [-0.25, -0.2) is 0 Å². The Balaban J connectivity index is 1.59. The van der Waals surface area contributed by atoms with E-state index in [9.17, 15) is 0 Å². The van der Waals surface area contributed by atoms with Crippen LogP contribution >= 0.6 is 0 Å². The Morgan fingerprint density at radius 2 is 0.700 bits per heavy atom. The molecule has 0 N–H and O–H groups in total. The third kappa shape index (κ3) is 3.47. The third-order valence-corrected chi connectivity index (χ3v) is 8.25. The monoisotopic (exact) mass is 506 g/mol. The lowest BCUT2D eigenvalue weighted by atomic mass is 9.81. The topological polar surface area (TPSA) is 0 Å². The van der Waals surface area contributed by atoms with Crippen molar-refractivity contribution < 1.29 is 0 Å². The molecular weight excluding hydrogens is 480 g/mol. The lowest BCUT2D eigenvalue weighted by molar-refractivity contribution is 1.63. The standard InChI is InChI=1S/C40H26/c1-2-13-28(14-3-1)32-26-25-29-16-5-7-19-31(29)39(32)40-36-22-10-8-20-34(36)38(35-21-9-11-23-37(35)40)33-24-12-17-27-15-4-6-18-30(27)33/h1-26H. The van der Waals surface area contributed by atoms with Crippen LogP contribution in [0, 0.1) is 0 Å². The summed E-state index contributed by atoms with van der Waals surface area (Å²) >= 11 is 0. The Hall–Kier alpha value is -5.20. The van der Waals surface area contributed by atoms with Gasteiger partial charge in [0.1, 0.15) is 0 Å². The van der Waals surface area contributed by atoms with Crippen LogP contribution in [-0.2, 0) is 0 Å². The van der Waals surface area contributed by atoms with Gasteiger partial charge in [-0.15, -0.1) is 0 Å². The van der Waals surface area contributed by atoms with Crippen LogP contribution in [0.2, 0.25) is 0 Å². The Morgan fingerprint density at radius 1 is 0.225 bits per heavy atom. The average molecular weight is 507 g/mol. The number of fused-ring (bicyclic) bond motifs is 4. The number of hydrogen-bond acceptors (Lipinski definition) is 0. The zero-order valence-corrected chi connectivity index (χ0v) is 22.0. The summed E-state index contributed by atoms with van der Waals surface area (Å²) < 4.78 is 0. The van der Waals surface area contributed by atoms with Gasteiger partial charge in [0.05, 0.1) is 0 Å². The number of rotatable bonds is 3. The van der Waals surface area contributed by atoms with E-state index >= 15 is 0 Å². The van der Waals surface area contributed by atoms with Crippen LogP contribution in [-0.4, -0.2) is 0 Å². The maximum Gasteiger partial charge on any atom is -0.00139 e. The molecule has 0 nitrogen and oxygen atoms in total. The molecule has 0 aromatic heterocycles. The second-order valence-corrected chi connectivity index (χ2v) is 10.4. The largest absolute Gasteiger partial charge is 0.0622 e. The van der Waals surface area contributed by atoms with E-state index in [0.29, 0.717) is 0 Å². The Kier molecular flexibility index (Phi) is 5.24. The molecule has 0 bridgehead atoms. The zero-order chi connectivity index (χ0) is 26.5. The van der Waals surface area contributed by atoms with Gasteiger partial charge in [0.15, 0.2) is 0 Å². The molecule has 0 fully saturated rings. The molecule has 0 aliphatic rings. The first kappa shape index (κ1) is 22.8. The SMILES string of the molecule is c1ccc(-c2ccc3ccccc3c2-c2c3ccccc3c(-c3cccc4ccccc34)c3ccccc23)cc1. The summed E-state index contributed by atoms with van der Waals surface area (Å²) in [5, 5.41) is 10.2. The predicted octanol–water partition coefficient (Wildman–Crippen LogP) is 11.3. The van der Waals surface area contributed by atoms with Gasteiger partial charge in [0, 0.05) is 0 Å². The van der Waals surface area contributed by atoms with Gasteiger partial charge in [-0.1, -0.05) is 158 Å². The summed E-state index contributed by atoms with van der Waals surface area (Å²) in [5.41, 5.74) is 7.65. The fraction of sp³-hybridized carbons (Fsp3) is 0. The van der Waals surface area contributed by atoms with Crippen LogP contribution in [0.1, 0.15) is 0 Å². The average Bonchev–Trinajstić information content (AvgIpc) is 3.03. The molecule has 0 saturated carbocycles. The molecule has 0 aliphatic carbocycles. The Labute approximate surface area is 233 Å². The first-order valence-electron chi connectivity index (χ1n) is 13.9. The molecule has 8 rings (SSSR count). The van der Waals surface area contributed by atoms with Gasteiger partial charge in [-0.3, -0.25) is 0 Å². The van der Waals surface area contributed by atoms with Crippen molar-refractivity contribution in [2.45, 2.75) is 0 Å². The van der Waals surface area contributed by atoms with E-state index in [-0.39, 0.29) is 0 Å². The summed E-state index contributed by atoms with van der Waals surface area (Å²) in [7, 11) is 0. The fourth-order valence-electron chi connectivity index (χ4n) is 6.53. The van der Waals surface area contributed by atoms with Crippen molar-refractivity contribution in [1.82, 2.24) is 0 Å². The van der Waals surface area contributed by atoms with Crippen molar-refractivity contribution in [3.8, 4) is 33.4 Å². The molecule has 0 saturated heterocycles. The van der Waals surface area contributed by atoms with E-state index in [1.807, 2.05) is 0 Å². The molecule has 0 unspecified atom stereocenters. The first-order valence-corrected chi connectivity index (χ1v) is 13.9. The van der Waals surface area contributed by atoms with Crippen LogP contribution < -0.4 is 0 Å². The minimum Gasteiger partial charge on any atom is -0.0622 e. The van der Waals surface area contributed by atoms with Crippen molar-refractivity contribution in [3.05, 3.63) is 158 Å². The lowest BCUT2D eigenvalue weighted by Gasteiger charge is -2.21. The minimum absolute atomic E-state index is 1.23. The highest BCUT2D eigenvalue weighted by molar-refractivity contribution is 6.26. The van der Waals surface area contributed by atoms with Gasteiger partial charge in [0.25, 0.3) is 0 Å². The molecule has 0 spiro atoms.